The topological polar surface area (TPSA) is 87.3 Å². The summed E-state index contributed by atoms with van der Waals surface area (Å²) < 4.78 is 26.4. The number of carbonyl (C=O) groups excluding carboxylic acids is 1. The number of rotatable bonds is 8. The molecule has 0 saturated heterocycles. The minimum absolute atomic E-state index is 0.0795. The molecule has 2 aromatic rings. The molecule has 0 atom stereocenters. The maximum absolute atomic E-state index is 12.1. The van der Waals surface area contributed by atoms with Gasteiger partial charge in [-0.3, -0.25) is 9.52 Å². The number of benzene rings is 2. The van der Waals surface area contributed by atoms with E-state index in [1.807, 2.05) is 45.0 Å². The van der Waals surface area contributed by atoms with Gasteiger partial charge >= 0.3 is 0 Å². The van der Waals surface area contributed by atoms with E-state index in [4.69, 9.17) is 0 Å². The Balaban J connectivity index is 1.99. The first-order valence-electron chi connectivity index (χ1n) is 9.34. The number of hydrogen-bond donors (Lipinski definition) is 3. The molecule has 0 bridgehead atoms. The summed E-state index contributed by atoms with van der Waals surface area (Å²) in [7, 11) is -3.34. The van der Waals surface area contributed by atoms with Crippen molar-refractivity contribution in [3.8, 4) is 0 Å². The molecule has 0 aromatic heterocycles. The van der Waals surface area contributed by atoms with E-state index in [0.717, 1.165) is 16.8 Å². The molecule has 6 nitrogen and oxygen atoms in total. The van der Waals surface area contributed by atoms with Crippen LogP contribution in [-0.4, -0.2) is 25.6 Å². The summed E-state index contributed by atoms with van der Waals surface area (Å²) in [6.45, 7) is 9.69. The van der Waals surface area contributed by atoms with Crippen molar-refractivity contribution < 1.29 is 13.2 Å². The zero-order chi connectivity index (χ0) is 20.9. The van der Waals surface area contributed by atoms with Gasteiger partial charge < -0.3 is 10.6 Å². The molecule has 0 aliphatic carbocycles. The minimum atomic E-state index is -3.34. The summed E-state index contributed by atoms with van der Waals surface area (Å²) >= 11 is 0. The van der Waals surface area contributed by atoms with E-state index >= 15 is 0 Å². The van der Waals surface area contributed by atoms with Crippen LogP contribution in [-0.2, 0) is 16.6 Å². The van der Waals surface area contributed by atoms with E-state index in [2.05, 4.69) is 15.4 Å². The van der Waals surface area contributed by atoms with Gasteiger partial charge in [0.25, 0.3) is 5.91 Å². The highest BCUT2D eigenvalue weighted by atomic mass is 32.2. The van der Waals surface area contributed by atoms with Gasteiger partial charge in [0.2, 0.25) is 10.0 Å². The zero-order valence-corrected chi connectivity index (χ0v) is 17.9. The molecule has 0 fully saturated rings. The number of sulfonamides is 1. The Labute approximate surface area is 167 Å². The number of amides is 1. The van der Waals surface area contributed by atoms with Gasteiger partial charge in [-0.25, -0.2) is 8.42 Å². The zero-order valence-electron chi connectivity index (χ0n) is 17.0. The average molecular weight is 404 g/mol. The number of anilines is 2. The lowest BCUT2D eigenvalue weighted by Crippen LogP contribution is -2.30. The van der Waals surface area contributed by atoms with Crippen LogP contribution in [0.5, 0.6) is 0 Å². The first-order valence-corrected chi connectivity index (χ1v) is 10.9. The highest BCUT2D eigenvalue weighted by Crippen LogP contribution is 2.19. The van der Waals surface area contributed by atoms with Crippen LogP contribution >= 0.6 is 0 Å². The van der Waals surface area contributed by atoms with Gasteiger partial charge in [0.05, 0.1) is 5.25 Å². The molecular formula is C21H29N3O3S. The van der Waals surface area contributed by atoms with Crippen molar-refractivity contribution in [2.24, 2.45) is 0 Å². The number of nitrogens with one attached hydrogen (secondary N) is 3. The van der Waals surface area contributed by atoms with E-state index in [0.29, 0.717) is 17.8 Å². The summed E-state index contributed by atoms with van der Waals surface area (Å²) in [5, 5.41) is 5.75. The molecule has 0 heterocycles. The van der Waals surface area contributed by atoms with E-state index in [1.165, 1.54) is 0 Å². The van der Waals surface area contributed by atoms with Gasteiger partial charge in [0.1, 0.15) is 0 Å². The van der Waals surface area contributed by atoms with Gasteiger partial charge in [-0.1, -0.05) is 12.1 Å². The number of hydrogen-bond acceptors (Lipinski definition) is 4. The molecule has 2 aromatic carbocycles. The molecule has 0 unspecified atom stereocenters. The van der Waals surface area contributed by atoms with Gasteiger partial charge in [-0.15, -0.1) is 0 Å². The lowest BCUT2D eigenvalue weighted by Gasteiger charge is -2.14. The Kier molecular flexibility index (Phi) is 7.07. The fraction of sp³-hybridized carbons (Fsp3) is 0.381. The smallest absolute Gasteiger partial charge is 0.251 e. The Morgan fingerprint density at radius 3 is 2.18 bits per heavy atom. The van der Waals surface area contributed by atoms with Crippen LogP contribution in [0.4, 0.5) is 11.4 Å². The standard InChI is InChI=1S/C21H29N3O3S/c1-14(2)23-21(25)18-8-11-20(16(5)12-18)22-13-17-6-9-19(10-7-17)24-28(26,27)15(3)4/h6-12,14-15,22,24H,13H2,1-5H3,(H,23,25). The summed E-state index contributed by atoms with van der Waals surface area (Å²) in [6.07, 6.45) is 0. The Morgan fingerprint density at radius 2 is 1.64 bits per heavy atom. The normalized spacial score (nSPS) is 11.5. The summed E-state index contributed by atoms with van der Waals surface area (Å²) in [5.74, 6) is -0.0795. The van der Waals surface area contributed by atoms with Crippen LogP contribution < -0.4 is 15.4 Å². The predicted octanol–water partition coefficient (Wildman–Crippen LogP) is 3.90. The SMILES string of the molecule is Cc1cc(C(=O)NC(C)C)ccc1NCc1ccc(NS(=O)(=O)C(C)C)cc1. The van der Waals surface area contributed by atoms with Crippen LogP contribution in [0.1, 0.15) is 49.2 Å². The molecule has 0 aliphatic heterocycles. The fourth-order valence-corrected chi connectivity index (χ4v) is 3.22. The van der Waals surface area contributed by atoms with Crippen LogP contribution in [0.15, 0.2) is 42.5 Å². The van der Waals surface area contributed by atoms with Gasteiger partial charge in [0, 0.05) is 29.5 Å². The molecule has 7 heteroatoms. The minimum Gasteiger partial charge on any atom is -0.381 e. The third-order valence-electron chi connectivity index (χ3n) is 4.23. The first-order chi connectivity index (χ1) is 13.1. The number of aryl methyl sites for hydroxylation is 1. The second-order valence-corrected chi connectivity index (χ2v) is 9.64. The largest absolute Gasteiger partial charge is 0.381 e. The lowest BCUT2D eigenvalue weighted by molar-refractivity contribution is 0.0943. The van der Waals surface area contributed by atoms with Gasteiger partial charge in [0.15, 0.2) is 0 Å². The molecular weight excluding hydrogens is 374 g/mol. The molecule has 2 rings (SSSR count). The van der Waals surface area contributed by atoms with E-state index in [9.17, 15) is 13.2 Å². The third kappa shape index (κ3) is 5.99. The van der Waals surface area contributed by atoms with E-state index < -0.39 is 15.3 Å². The van der Waals surface area contributed by atoms with Crippen molar-refractivity contribution in [1.29, 1.82) is 0 Å². The fourth-order valence-electron chi connectivity index (χ4n) is 2.52. The van der Waals surface area contributed by atoms with Crippen molar-refractivity contribution in [3.63, 3.8) is 0 Å². The molecule has 0 radical (unpaired) electrons. The highest BCUT2D eigenvalue weighted by molar-refractivity contribution is 7.93. The Morgan fingerprint density at radius 1 is 1.00 bits per heavy atom. The molecule has 0 saturated carbocycles. The van der Waals surface area contributed by atoms with Crippen LogP contribution in [0.2, 0.25) is 0 Å². The highest BCUT2D eigenvalue weighted by Gasteiger charge is 2.15. The van der Waals surface area contributed by atoms with Crippen molar-refractivity contribution in [2.45, 2.75) is 52.5 Å². The van der Waals surface area contributed by atoms with Crippen LogP contribution in [0.3, 0.4) is 0 Å². The quantitative estimate of drug-likeness (QED) is 0.624. The van der Waals surface area contributed by atoms with Crippen LogP contribution in [0, 0.1) is 6.92 Å². The lowest BCUT2D eigenvalue weighted by atomic mass is 10.1. The van der Waals surface area contributed by atoms with E-state index in [-0.39, 0.29) is 11.9 Å². The Hall–Kier alpha value is -2.54. The van der Waals surface area contributed by atoms with E-state index in [1.54, 1.807) is 32.0 Å². The summed E-state index contributed by atoms with van der Waals surface area (Å²) in [4.78, 5) is 12.1. The molecule has 28 heavy (non-hydrogen) atoms. The second kappa shape index (κ2) is 9.10. The summed E-state index contributed by atoms with van der Waals surface area (Å²) in [6, 6.07) is 12.9. The monoisotopic (exact) mass is 403 g/mol. The van der Waals surface area contributed by atoms with Crippen molar-refractivity contribution in [2.75, 3.05) is 10.0 Å². The van der Waals surface area contributed by atoms with Gasteiger partial charge in [-0.05, 0) is 76.1 Å². The van der Waals surface area contributed by atoms with Crippen molar-refractivity contribution in [3.05, 3.63) is 59.2 Å². The molecule has 3 N–H and O–H groups in total. The molecule has 1 amide bonds. The molecule has 0 spiro atoms. The Bertz CT molecular complexity index is 920. The maximum atomic E-state index is 12.1. The predicted molar refractivity (Wildman–Crippen MR) is 115 cm³/mol. The van der Waals surface area contributed by atoms with Gasteiger partial charge in [-0.2, -0.15) is 0 Å². The maximum Gasteiger partial charge on any atom is 0.251 e. The van der Waals surface area contributed by atoms with Crippen LogP contribution in [0.25, 0.3) is 0 Å². The molecule has 152 valence electrons. The first kappa shape index (κ1) is 21.8. The average Bonchev–Trinajstić information content (AvgIpc) is 2.61. The number of carbonyl (C=O) groups is 1. The van der Waals surface area contributed by atoms with Crippen molar-refractivity contribution >= 4 is 27.3 Å². The third-order valence-corrected chi connectivity index (χ3v) is 5.99. The summed E-state index contributed by atoms with van der Waals surface area (Å²) in [5.41, 5.74) is 4.14. The molecule has 0 aliphatic rings. The van der Waals surface area contributed by atoms with Crippen molar-refractivity contribution in [1.82, 2.24) is 5.32 Å². The second-order valence-electron chi connectivity index (χ2n) is 7.40.